The molecule has 1 aliphatic heterocycles. The SMILES string of the molecule is CCN1CCCC1CNC(=NCc1nnc(C)n1C)NC(C)c1ccccc1. The van der Waals surface area contributed by atoms with Gasteiger partial charge in [0.2, 0.25) is 0 Å². The van der Waals surface area contributed by atoms with Crippen LogP contribution in [0.1, 0.15) is 49.9 Å². The van der Waals surface area contributed by atoms with E-state index in [2.05, 4.69) is 63.8 Å². The Morgan fingerprint density at radius 1 is 1.29 bits per heavy atom. The first kappa shape index (κ1) is 20.3. The molecule has 7 heteroatoms. The van der Waals surface area contributed by atoms with Crippen molar-refractivity contribution in [2.75, 3.05) is 19.6 Å². The summed E-state index contributed by atoms with van der Waals surface area (Å²) in [5, 5.41) is 15.5. The van der Waals surface area contributed by atoms with E-state index in [0.717, 1.165) is 30.7 Å². The number of aryl methyl sites for hydroxylation is 1. The molecular formula is C21H33N7. The number of aromatic nitrogens is 3. The lowest BCUT2D eigenvalue weighted by molar-refractivity contribution is 0.267. The van der Waals surface area contributed by atoms with Crippen molar-refractivity contribution in [3.05, 3.63) is 47.5 Å². The summed E-state index contributed by atoms with van der Waals surface area (Å²) in [5.41, 5.74) is 1.24. The van der Waals surface area contributed by atoms with Crippen LogP contribution in [0.15, 0.2) is 35.3 Å². The molecule has 0 saturated carbocycles. The minimum atomic E-state index is 0.166. The lowest BCUT2D eigenvalue weighted by atomic mass is 10.1. The zero-order chi connectivity index (χ0) is 19.9. The summed E-state index contributed by atoms with van der Waals surface area (Å²) < 4.78 is 1.98. The Hall–Kier alpha value is -2.41. The smallest absolute Gasteiger partial charge is 0.192 e. The molecule has 1 aromatic heterocycles. The van der Waals surface area contributed by atoms with Gasteiger partial charge in [-0.2, -0.15) is 0 Å². The van der Waals surface area contributed by atoms with Gasteiger partial charge in [-0.05, 0) is 45.3 Å². The number of guanidine groups is 1. The topological polar surface area (TPSA) is 70.4 Å². The first-order chi connectivity index (χ1) is 13.6. The van der Waals surface area contributed by atoms with Crippen LogP contribution in [0.25, 0.3) is 0 Å². The van der Waals surface area contributed by atoms with E-state index in [1.165, 1.54) is 24.9 Å². The van der Waals surface area contributed by atoms with Gasteiger partial charge < -0.3 is 15.2 Å². The summed E-state index contributed by atoms with van der Waals surface area (Å²) in [5.74, 6) is 2.58. The molecule has 0 bridgehead atoms. The zero-order valence-corrected chi connectivity index (χ0v) is 17.5. The lowest BCUT2D eigenvalue weighted by Crippen LogP contribution is -2.45. The Bertz CT molecular complexity index is 768. The molecule has 0 spiro atoms. The predicted molar refractivity (Wildman–Crippen MR) is 113 cm³/mol. The minimum Gasteiger partial charge on any atom is -0.355 e. The van der Waals surface area contributed by atoms with E-state index in [9.17, 15) is 0 Å². The van der Waals surface area contributed by atoms with Crippen molar-refractivity contribution in [3.63, 3.8) is 0 Å². The molecule has 3 rings (SSSR count). The van der Waals surface area contributed by atoms with E-state index in [-0.39, 0.29) is 6.04 Å². The Kier molecular flexibility index (Phi) is 7.03. The number of aliphatic imine (C=N–C) groups is 1. The zero-order valence-electron chi connectivity index (χ0n) is 17.5. The Balaban J connectivity index is 1.69. The molecule has 2 aromatic rings. The quantitative estimate of drug-likeness (QED) is 0.568. The largest absolute Gasteiger partial charge is 0.355 e. The summed E-state index contributed by atoms with van der Waals surface area (Å²) in [6, 6.07) is 11.2. The number of hydrogen-bond acceptors (Lipinski definition) is 4. The number of benzene rings is 1. The van der Waals surface area contributed by atoms with E-state index < -0.39 is 0 Å². The average molecular weight is 384 g/mol. The lowest BCUT2D eigenvalue weighted by Gasteiger charge is -2.25. The molecule has 1 fully saturated rings. The third-order valence-corrected chi connectivity index (χ3v) is 5.62. The van der Waals surface area contributed by atoms with Crippen molar-refractivity contribution in [3.8, 4) is 0 Å². The van der Waals surface area contributed by atoms with Gasteiger partial charge in [-0.15, -0.1) is 10.2 Å². The van der Waals surface area contributed by atoms with Crippen molar-refractivity contribution in [1.82, 2.24) is 30.3 Å². The van der Waals surface area contributed by atoms with E-state index >= 15 is 0 Å². The molecule has 2 atom stereocenters. The molecule has 2 N–H and O–H groups in total. The van der Waals surface area contributed by atoms with Crippen molar-refractivity contribution in [1.29, 1.82) is 0 Å². The fraction of sp³-hybridized carbons (Fsp3) is 0.571. The molecule has 2 unspecified atom stereocenters. The van der Waals surface area contributed by atoms with Gasteiger partial charge >= 0.3 is 0 Å². The van der Waals surface area contributed by atoms with E-state index in [1.54, 1.807) is 0 Å². The van der Waals surface area contributed by atoms with Crippen molar-refractivity contribution in [2.45, 2.75) is 52.2 Å². The maximum absolute atomic E-state index is 4.80. The maximum Gasteiger partial charge on any atom is 0.192 e. The molecular weight excluding hydrogens is 350 g/mol. The highest BCUT2D eigenvalue weighted by Crippen LogP contribution is 2.16. The Labute approximate surface area is 168 Å². The molecule has 1 saturated heterocycles. The monoisotopic (exact) mass is 383 g/mol. The second-order valence-electron chi connectivity index (χ2n) is 7.47. The minimum absolute atomic E-state index is 0.166. The molecule has 28 heavy (non-hydrogen) atoms. The number of likely N-dealkylation sites (N-methyl/N-ethyl adjacent to an activating group) is 1. The summed E-state index contributed by atoms with van der Waals surface area (Å²) in [6.07, 6.45) is 2.52. The fourth-order valence-electron chi connectivity index (χ4n) is 3.68. The standard InChI is InChI=1S/C21H33N7/c1-5-28-13-9-12-19(28)14-22-21(23-15-20-26-25-17(3)27(20)4)24-16(2)18-10-7-6-8-11-18/h6-8,10-11,16,19H,5,9,12-15H2,1-4H3,(H2,22,23,24). The van der Waals surface area contributed by atoms with Crippen LogP contribution >= 0.6 is 0 Å². The van der Waals surface area contributed by atoms with Crippen LogP contribution in [0.2, 0.25) is 0 Å². The van der Waals surface area contributed by atoms with Crippen LogP contribution in [-0.4, -0.2) is 51.3 Å². The third-order valence-electron chi connectivity index (χ3n) is 5.62. The first-order valence-electron chi connectivity index (χ1n) is 10.3. The second kappa shape index (κ2) is 9.68. The number of rotatable bonds is 7. The number of nitrogens with zero attached hydrogens (tertiary/aromatic N) is 5. The van der Waals surface area contributed by atoms with E-state index in [4.69, 9.17) is 4.99 Å². The summed E-state index contributed by atoms with van der Waals surface area (Å²) in [6.45, 7) is 10.0. The van der Waals surface area contributed by atoms with Gasteiger partial charge in [0, 0.05) is 19.6 Å². The van der Waals surface area contributed by atoms with Crippen LogP contribution in [0.5, 0.6) is 0 Å². The van der Waals surface area contributed by atoms with Gasteiger partial charge in [0.25, 0.3) is 0 Å². The normalized spacial score (nSPS) is 19.0. The number of nitrogens with one attached hydrogen (secondary N) is 2. The van der Waals surface area contributed by atoms with Crippen molar-refractivity contribution >= 4 is 5.96 Å². The highest BCUT2D eigenvalue weighted by Gasteiger charge is 2.23. The number of likely N-dealkylation sites (tertiary alicyclic amines) is 1. The Morgan fingerprint density at radius 2 is 2.07 bits per heavy atom. The van der Waals surface area contributed by atoms with Gasteiger partial charge in [0.05, 0.1) is 6.04 Å². The molecule has 1 aliphatic rings. The molecule has 2 heterocycles. The third kappa shape index (κ3) is 5.10. The molecule has 0 aliphatic carbocycles. The summed E-state index contributed by atoms with van der Waals surface area (Å²) in [4.78, 5) is 7.34. The molecule has 152 valence electrons. The fourth-order valence-corrected chi connectivity index (χ4v) is 3.68. The number of hydrogen-bond donors (Lipinski definition) is 2. The summed E-state index contributed by atoms with van der Waals surface area (Å²) in [7, 11) is 1.98. The van der Waals surface area contributed by atoms with Crippen LogP contribution in [0, 0.1) is 6.92 Å². The predicted octanol–water partition coefficient (Wildman–Crippen LogP) is 2.40. The Morgan fingerprint density at radius 3 is 2.75 bits per heavy atom. The molecule has 1 aromatic carbocycles. The van der Waals surface area contributed by atoms with E-state index in [1.807, 2.05) is 24.6 Å². The highest BCUT2D eigenvalue weighted by atomic mass is 15.3. The van der Waals surface area contributed by atoms with Crippen LogP contribution < -0.4 is 10.6 Å². The summed E-state index contributed by atoms with van der Waals surface area (Å²) >= 11 is 0. The van der Waals surface area contributed by atoms with Gasteiger partial charge in [0.15, 0.2) is 11.8 Å². The van der Waals surface area contributed by atoms with Gasteiger partial charge in [0.1, 0.15) is 12.4 Å². The second-order valence-corrected chi connectivity index (χ2v) is 7.47. The van der Waals surface area contributed by atoms with Crippen molar-refractivity contribution < 1.29 is 0 Å². The van der Waals surface area contributed by atoms with Crippen LogP contribution in [0.4, 0.5) is 0 Å². The molecule has 7 nitrogen and oxygen atoms in total. The average Bonchev–Trinajstić information content (AvgIpc) is 3.31. The van der Waals surface area contributed by atoms with Crippen LogP contribution in [-0.2, 0) is 13.6 Å². The first-order valence-corrected chi connectivity index (χ1v) is 10.3. The molecule has 0 amide bonds. The van der Waals surface area contributed by atoms with Crippen LogP contribution in [0.3, 0.4) is 0 Å². The maximum atomic E-state index is 4.80. The van der Waals surface area contributed by atoms with Crippen molar-refractivity contribution in [2.24, 2.45) is 12.0 Å². The van der Waals surface area contributed by atoms with Gasteiger partial charge in [-0.25, -0.2) is 4.99 Å². The molecule has 0 radical (unpaired) electrons. The van der Waals surface area contributed by atoms with E-state index in [0.29, 0.717) is 12.6 Å². The highest BCUT2D eigenvalue weighted by molar-refractivity contribution is 5.80. The van der Waals surface area contributed by atoms with Gasteiger partial charge in [-0.1, -0.05) is 37.3 Å². The van der Waals surface area contributed by atoms with Gasteiger partial charge in [-0.3, -0.25) is 4.90 Å².